The van der Waals surface area contributed by atoms with Crippen LogP contribution in [0.25, 0.3) is 22.4 Å². The van der Waals surface area contributed by atoms with E-state index in [4.69, 9.17) is 4.74 Å². The van der Waals surface area contributed by atoms with E-state index in [1.54, 1.807) is 12.1 Å². The van der Waals surface area contributed by atoms with E-state index in [0.717, 1.165) is 16.6 Å². The van der Waals surface area contributed by atoms with Gasteiger partial charge >= 0.3 is 0 Å². The maximum atomic E-state index is 13.1. The first kappa shape index (κ1) is 16.8. The molecule has 4 aromatic rings. The highest BCUT2D eigenvalue weighted by Gasteiger charge is 2.13. The van der Waals surface area contributed by atoms with Gasteiger partial charge in [0.1, 0.15) is 17.4 Å². The number of para-hydroxylation sites is 2. The monoisotopic (exact) mass is 361 g/mol. The predicted octanol–water partition coefficient (Wildman–Crippen LogP) is 4.63. The van der Waals surface area contributed by atoms with Gasteiger partial charge in [0.05, 0.1) is 23.8 Å². The Kier molecular flexibility index (Phi) is 4.30. The molecule has 6 heteroatoms. The standard InChI is InChI=1S/C21H16FN3O2/c1-27-19-11-8-14(20-23-16-4-2-3-5-17(16)24-20)12-18(19)25-21(26)13-6-9-15(22)10-7-13/h2-12H,1H3,(H,23,24)(H,25,26). The summed E-state index contributed by atoms with van der Waals surface area (Å²) in [6.45, 7) is 0. The molecule has 1 aromatic heterocycles. The van der Waals surface area contributed by atoms with Crippen LogP contribution in [0, 0.1) is 5.82 Å². The van der Waals surface area contributed by atoms with E-state index in [1.165, 1.54) is 31.4 Å². The van der Waals surface area contributed by atoms with Crippen molar-refractivity contribution in [3.8, 4) is 17.1 Å². The number of aromatic amines is 1. The minimum absolute atomic E-state index is 0.352. The fourth-order valence-electron chi connectivity index (χ4n) is 2.84. The van der Waals surface area contributed by atoms with Gasteiger partial charge in [0.15, 0.2) is 0 Å². The normalized spacial score (nSPS) is 10.7. The number of halogens is 1. The number of H-pyrrole nitrogens is 1. The van der Waals surface area contributed by atoms with Gasteiger partial charge in [0, 0.05) is 11.1 Å². The zero-order valence-electron chi connectivity index (χ0n) is 14.5. The van der Waals surface area contributed by atoms with Gasteiger partial charge in [-0.2, -0.15) is 0 Å². The molecule has 0 bridgehead atoms. The lowest BCUT2D eigenvalue weighted by atomic mass is 10.1. The van der Waals surface area contributed by atoms with Crippen molar-refractivity contribution in [3.63, 3.8) is 0 Å². The highest BCUT2D eigenvalue weighted by molar-refractivity contribution is 6.05. The first-order valence-electron chi connectivity index (χ1n) is 8.34. The fourth-order valence-corrected chi connectivity index (χ4v) is 2.84. The van der Waals surface area contributed by atoms with Gasteiger partial charge in [-0.15, -0.1) is 0 Å². The third-order valence-corrected chi connectivity index (χ3v) is 4.22. The molecular formula is C21H16FN3O2. The lowest BCUT2D eigenvalue weighted by Crippen LogP contribution is -2.12. The topological polar surface area (TPSA) is 67.0 Å². The van der Waals surface area contributed by atoms with Crippen molar-refractivity contribution in [1.29, 1.82) is 0 Å². The van der Waals surface area contributed by atoms with E-state index < -0.39 is 5.82 Å². The van der Waals surface area contributed by atoms with Crippen LogP contribution in [0.1, 0.15) is 10.4 Å². The van der Waals surface area contributed by atoms with Gasteiger partial charge < -0.3 is 15.0 Å². The smallest absolute Gasteiger partial charge is 0.255 e. The predicted molar refractivity (Wildman–Crippen MR) is 102 cm³/mol. The molecule has 0 radical (unpaired) electrons. The Morgan fingerprint density at radius 2 is 1.85 bits per heavy atom. The SMILES string of the molecule is COc1ccc(-c2nc3ccccc3[nH]2)cc1NC(=O)c1ccc(F)cc1. The van der Waals surface area contributed by atoms with Gasteiger partial charge in [-0.3, -0.25) is 4.79 Å². The highest BCUT2D eigenvalue weighted by atomic mass is 19.1. The summed E-state index contributed by atoms with van der Waals surface area (Å²) in [6, 6.07) is 18.5. The molecule has 4 rings (SSSR count). The lowest BCUT2D eigenvalue weighted by Gasteiger charge is -2.11. The fraction of sp³-hybridized carbons (Fsp3) is 0.0476. The Balaban J connectivity index is 1.68. The van der Waals surface area contributed by atoms with Crippen molar-refractivity contribution in [1.82, 2.24) is 9.97 Å². The maximum absolute atomic E-state index is 13.1. The number of benzene rings is 3. The largest absolute Gasteiger partial charge is 0.495 e. The molecule has 0 unspecified atom stereocenters. The van der Waals surface area contributed by atoms with Gasteiger partial charge in [0.25, 0.3) is 5.91 Å². The summed E-state index contributed by atoms with van der Waals surface area (Å²) in [5.74, 6) is 0.465. The summed E-state index contributed by atoms with van der Waals surface area (Å²) >= 11 is 0. The number of methoxy groups -OCH3 is 1. The summed E-state index contributed by atoms with van der Waals surface area (Å²) < 4.78 is 18.4. The van der Waals surface area contributed by atoms with E-state index in [9.17, 15) is 9.18 Å². The van der Waals surface area contributed by atoms with Crippen molar-refractivity contribution < 1.29 is 13.9 Å². The maximum Gasteiger partial charge on any atom is 0.255 e. The Hall–Kier alpha value is -3.67. The van der Waals surface area contributed by atoms with Gasteiger partial charge in [-0.1, -0.05) is 12.1 Å². The third-order valence-electron chi connectivity index (χ3n) is 4.22. The summed E-state index contributed by atoms with van der Waals surface area (Å²) in [5, 5.41) is 2.81. The second-order valence-corrected chi connectivity index (χ2v) is 5.98. The van der Waals surface area contributed by atoms with Crippen LogP contribution in [0.3, 0.4) is 0 Å². The zero-order chi connectivity index (χ0) is 18.8. The van der Waals surface area contributed by atoms with Crippen LogP contribution in [0.15, 0.2) is 66.7 Å². The molecule has 5 nitrogen and oxygen atoms in total. The molecule has 0 atom stereocenters. The van der Waals surface area contributed by atoms with Crippen LogP contribution in [0.4, 0.5) is 10.1 Å². The number of ether oxygens (including phenoxy) is 1. The summed E-state index contributed by atoms with van der Waals surface area (Å²) in [4.78, 5) is 20.3. The average molecular weight is 361 g/mol. The van der Waals surface area contributed by atoms with Crippen molar-refractivity contribution >= 4 is 22.6 Å². The van der Waals surface area contributed by atoms with Crippen LogP contribution in [0.5, 0.6) is 5.75 Å². The van der Waals surface area contributed by atoms with E-state index in [0.29, 0.717) is 22.8 Å². The van der Waals surface area contributed by atoms with Gasteiger partial charge in [-0.25, -0.2) is 9.37 Å². The minimum Gasteiger partial charge on any atom is -0.495 e. The minimum atomic E-state index is -0.393. The number of nitrogens with zero attached hydrogens (tertiary/aromatic N) is 1. The Morgan fingerprint density at radius 1 is 1.07 bits per heavy atom. The second-order valence-electron chi connectivity index (χ2n) is 5.98. The molecule has 1 amide bonds. The molecule has 0 saturated heterocycles. The summed E-state index contributed by atoms with van der Waals surface area (Å²) in [7, 11) is 1.53. The Labute approximate surface area is 154 Å². The molecule has 134 valence electrons. The summed E-state index contributed by atoms with van der Waals surface area (Å²) in [6.07, 6.45) is 0. The van der Waals surface area contributed by atoms with Crippen molar-refractivity contribution in [3.05, 3.63) is 78.1 Å². The quantitative estimate of drug-likeness (QED) is 0.557. The molecule has 0 spiro atoms. The van der Waals surface area contributed by atoms with Gasteiger partial charge in [-0.05, 0) is 54.6 Å². The first-order valence-corrected chi connectivity index (χ1v) is 8.34. The molecule has 0 aliphatic rings. The van der Waals surface area contributed by atoms with Crippen molar-refractivity contribution in [2.24, 2.45) is 0 Å². The lowest BCUT2D eigenvalue weighted by molar-refractivity contribution is 0.102. The zero-order valence-corrected chi connectivity index (χ0v) is 14.5. The van der Waals surface area contributed by atoms with Crippen molar-refractivity contribution in [2.45, 2.75) is 0 Å². The number of anilines is 1. The molecular weight excluding hydrogens is 345 g/mol. The first-order chi connectivity index (χ1) is 13.1. The molecule has 0 aliphatic heterocycles. The number of hydrogen-bond acceptors (Lipinski definition) is 3. The summed E-state index contributed by atoms with van der Waals surface area (Å²) in [5.41, 5.74) is 3.46. The van der Waals surface area contributed by atoms with E-state index >= 15 is 0 Å². The number of fused-ring (bicyclic) bond motifs is 1. The van der Waals surface area contributed by atoms with Crippen LogP contribution in [-0.4, -0.2) is 23.0 Å². The molecule has 2 N–H and O–H groups in total. The molecule has 3 aromatic carbocycles. The van der Waals surface area contributed by atoms with Crippen molar-refractivity contribution in [2.75, 3.05) is 12.4 Å². The third kappa shape index (κ3) is 3.37. The Morgan fingerprint density at radius 3 is 2.59 bits per heavy atom. The van der Waals surface area contributed by atoms with Crippen LogP contribution >= 0.6 is 0 Å². The Bertz CT molecular complexity index is 1090. The number of imidazole rings is 1. The number of aromatic nitrogens is 2. The number of hydrogen-bond donors (Lipinski definition) is 2. The average Bonchev–Trinajstić information content (AvgIpc) is 3.12. The molecule has 1 heterocycles. The molecule has 0 saturated carbocycles. The molecule has 0 aliphatic carbocycles. The molecule has 27 heavy (non-hydrogen) atoms. The highest BCUT2D eigenvalue weighted by Crippen LogP contribution is 2.30. The van der Waals surface area contributed by atoms with Crippen LogP contribution in [-0.2, 0) is 0 Å². The molecule has 0 fully saturated rings. The number of nitrogens with one attached hydrogen (secondary N) is 2. The van der Waals surface area contributed by atoms with Crippen LogP contribution < -0.4 is 10.1 Å². The van der Waals surface area contributed by atoms with Crippen LogP contribution in [0.2, 0.25) is 0 Å². The number of rotatable bonds is 4. The number of carbonyl (C=O) groups excluding carboxylic acids is 1. The van der Waals surface area contributed by atoms with E-state index in [1.807, 2.05) is 30.3 Å². The van der Waals surface area contributed by atoms with Gasteiger partial charge in [0.2, 0.25) is 0 Å². The second kappa shape index (κ2) is 6.92. The number of amides is 1. The number of carbonyl (C=O) groups is 1. The van der Waals surface area contributed by atoms with E-state index in [-0.39, 0.29) is 5.91 Å². The van der Waals surface area contributed by atoms with E-state index in [2.05, 4.69) is 15.3 Å².